The van der Waals surface area contributed by atoms with Gasteiger partial charge in [0.15, 0.2) is 5.65 Å². The van der Waals surface area contributed by atoms with Crippen LogP contribution in [0.4, 0.5) is 13.2 Å². The number of alkyl halides is 3. The van der Waals surface area contributed by atoms with Gasteiger partial charge >= 0.3 is 6.18 Å². The number of pyridine rings is 1. The molecule has 0 bridgehead atoms. The molecule has 2 aromatic heterocycles. The summed E-state index contributed by atoms with van der Waals surface area (Å²) < 4.78 is 38.9. The van der Waals surface area contributed by atoms with Gasteiger partial charge in [0.1, 0.15) is 11.6 Å². The van der Waals surface area contributed by atoms with Gasteiger partial charge in [-0.15, -0.1) is 0 Å². The molecule has 1 aliphatic rings. The van der Waals surface area contributed by atoms with Crippen molar-refractivity contribution in [3.63, 3.8) is 0 Å². The molecule has 28 heavy (non-hydrogen) atoms. The van der Waals surface area contributed by atoms with Gasteiger partial charge in [0.25, 0.3) is 0 Å². The molecule has 3 heterocycles. The van der Waals surface area contributed by atoms with Crippen molar-refractivity contribution in [2.45, 2.75) is 38.4 Å². The summed E-state index contributed by atoms with van der Waals surface area (Å²) in [6, 6.07) is 5.44. The number of fused-ring (bicyclic) bond motifs is 1. The molecule has 1 saturated heterocycles. The van der Waals surface area contributed by atoms with Crippen molar-refractivity contribution >= 4 is 11.2 Å². The van der Waals surface area contributed by atoms with Crippen molar-refractivity contribution in [3.05, 3.63) is 41.2 Å². The average molecular weight is 390 g/mol. The Morgan fingerprint density at radius 3 is 2.64 bits per heavy atom. The van der Waals surface area contributed by atoms with Gasteiger partial charge in [-0.1, -0.05) is 6.42 Å². The molecular formula is C20H21F3N4O. The van der Waals surface area contributed by atoms with E-state index in [1.165, 1.54) is 13.3 Å². The topological polar surface area (TPSA) is 65.0 Å². The molecule has 0 radical (unpaired) electrons. The summed E-state index contributed by atoms with van der Waals surface area (Å²) in [7, 11) is 2.07. The molecule has 1 aromatic carbocycles. The maximum absolute atomic E-state index is 13.0. The van der Waals surface area contributed by atoms with Crippen LogP contribution in [-0.4, -0.2) is 38.6 Å². The quantitative estimate of drug-likeness (QED) is 0.659. The Kier molecular flexibility index (Phi) is 4.53. The number of aryl methyl sites for hydroxylation is 1. The van der Waals surface area contributed by atoms with Crippen LogP contribution in [0.5, 0.6) is 5.75 Å². The molecule has 2 N–H and O–H groups in total. The number of hydrogen-bond donors (Lipinski definition) is 2. The lowest BCUT2D eigenvalue weighted by Crippen LogP contribution is -2.30. The van der Waals surface area contributed by atoms with Crippen molar-refractivity contribution < 1.29 is 18.3 Å². The van der Waals surface area contributed by atoms with E-state index in [0.717, 1.165) is 42.9 Å². The summed E-state index contributed by atoms with van der Waals surface area (Å²) in [4.78, 5) is 14.7. The van der Waals surface area contributed by atoms with E-state index in [0.29, 0.717) is 16.9 Å². The number of phenols is 1. The highest BCUT2D eigenvalue weighted by atomic mass is 19.4. The maximum Gasteiger partial charge on any atom is 0.416 e. The number of nitrogens with one attached hydrogen (secondary N) is 1. The molecule has 0 spiro atoms. The molecule has 4 rings (SSSR count). The van der Waals surface area contributed by atoms with Crippen LogP contribution in [0.15, 0.2) is 24.3 Å². The van der Waals surface area contributed by atoms with Crippen molar-refractivity contribution in [1.29, 1.82) is 0 Å². The lowest BCUT2D eigenvalue weighted by atomic mass is 10.0. The number of halogens is 3. The molecule has 1 fully saturated rings. The second-order valence-corrected chi connectivity index (χ2v) is 7.37. The first-order valence-electron chi connectivity index (χ1n) is 9.22. The number of aromatic amines is 1. The summed E-state index contributed by atoms with van der Waals surface area (Å²) in [5.41, 5.74) is 1.36. The van der Waals surface area contributed by atoms with E-state index in [1.807, 2.05) is 0 Å². The lowest BCUT2D eigenvalue weighted by Gasteiger charge is -2.30. The summed E-state index contributed by atoms with van der Waals surface area (Å²) in [5.74, 6) is 0.400. The first-order valence-corrected chi connectivity index (χ1v) is 9.22. The number of benzene rings is 1. The molecule has 3 aromatic rings. The molecule has 1 unspecified atom stereocenters. The number of imidazole rings is 1. The van der Waals surface area contributed by atoms with Crippen molar-refractivity contribution in [3.8, 4) is 17.0 Å². The Morgan fingerprint density at radius 1 is 1.18 bits per heavy atom. The molecule has 1 aliphatic heterocycles. The molecule has 148 valence electrons. The largest absolute Gasteiger partial charge is 0.507 e. The van der Waals surface area contributed by atoms with Gasteiger partial charge in [-0.2, -0.15) is 13.2 Å². The van der Waals surface area contributed by atoms with Gasteiger partial charge in [0, 0.05) is 5.56 Å². The Bertz CT molecular complexity index is 1000. The molecule has 1 atom stereocenters. The molecule has 8 heteroatoms. The van der Waals surface area contributed by atoms with Gasteiger partial charge in [0.05, 0.1) is 22.8 Å². The molecule has 0 amide bonds. The van der Waals surface area contributed by atoms with Gasteiger partial charge in [-0.05, 0) is 63.2 Å². The van der Waals surface area contributed by atoms with Crippen LogP contribution in [0.3, 0.4) is 0 Å². The third-order valence-electron chi connectivity index (χ3n) is 5.35. The Hall–Kier alpha value is -2.61. The minimum absolute atomic E-state index is 0.201. The minimum Gasteiger partial charge on any atom is -0.507 e. The summed E-state index contributed by atoms with van der Waals surface area (Å²) in [5, 5.41) is 10.2. The zero-order valence-electron chi connectivity index (χ0n) is 15.6. The van der Waals surface area contributed by atoms with Crippen LogP contribution >= 0.6 is 0 Å². The number of aromatic hydroxyl groups is 1. The number of nitrogens with zero attached hydrogens (tertiary/aromatic N) is 3. The number of H-pyrrole nitrogens is 1. The predicted molar refractivity (Wildman–Crippen MR) is 100.0 cm³/mol. The number of rotatable bonds is 2. The smallest absolute Gasteiger partial charge is 0.416 e. The average Bonchev–Trinajstić information content (AvgIpc) is 3.04. The fraction of sp³-hybridized carbons (Fsp3) is 0.400. The Labute approximate surface area is 160 Å². The van der Waals surface area contributed by atoms with E-state index >= 15 is 0 Å². The normalized spacial score (nSPS) is 18.7. The number of hydrogen-bond acceptors (Lipinski definition) is 4. The standard InChI is InChI=1S/C20H21F3N4O/c1-11-9-12(20(21,22)23)10-16(28)17(11)13-6-7-14-18(24-13)26-19(25-14)15-5-3-4-8-27(15)2/h6-7,9-10,15,28H,3-5,8H2,1-2H3,(H,24,25,26). The van der Waals surface area contributed by atoms with Gasteiger partial charge in [0.2, 0.25) is 0 Å². The number of aromatic nitrogens is 3. The van der Waals surface area contributed by atoms with Crippen LogP contribution in [-0.2, 0) is 6.18 Å². The summed E-state index contributed by atoms with van der Waals surface area (Å²) in [6.45, 7) is 2.54. The zero-order chi connectivity index (χ0) is 20.1. The zero-order valence-corrected chi connectivity index (χ0v) is 15.6. The number of piperidine rings is 1. The molecule has 0 saturated carbocycles. The van der Waals surface area contributed by atoms with Gasteiger partial charge in [-0.3, -0.25) is 4.90 Å². The second-order valence-electron chi connectivity index (χ2n) is 7.37. The van der Waals surface area contributed by atoms with Crippen molar-refractivity contribution in [2.24, 2.45) is 0 Å². The molecule has 0 aliphatic carbocycles. The monoisotopic (exact) mass is 390 g/mol. The Morgan fingerprint density at radius 2 is 1.96 bits per heavy atom. The minimum atomic E-state index is -4.51. The lowest BCUT2D eigenvalue weighted by molar-refractivity contribution is -0.137. The van der Waals surface area contributed by atoms with E-state index in [-0.39, 0.29) is 11.6 Å². The van der Waals surface area contributed by atoms with Crippen LogP contribution in [0.2, 0.25) is 0 Å². The SMILES string of the molecule is Cc1cc(C(F)(F)F)cc(O)c1-c1ccc2[nH]c(C3CCCCN3C)nc2n1. The third-order valence-corrected chi connectivity index (χ3v) is 5.35. The van der Waals surface area contributed by atoms with E-state index in [9.17, 15) is 18.3 Å². The van der Waals surface area contributed by atoms with Crippen LogP contribution in [0.1, 0.15) is 42.3 Å². The highest BCUT2D eigenvalue weighted by Crippen LogP contribution is 2.39. The summed E-state index contributed by atoms with van der Waals surface area (Å²) >= 11 is 0. The second kappa shape index (κ2) is 6.77. The predicted octanol–water partition coefficient (Wildman–Crippen LogP) is 4.81. The van der Waals surface area contributed by atoms with Gasteiger partial charge in [-0.25, -0.2) is 9.97 Å². The Balaban J connectivity index is 1.74. The fourth-order valence-corrected chi connectivity index (χ4v) is 3.89. The highest BCUT2D eigenvalue weighted by Gasteiger charge is 2.32. The van der Waals surface area contributed by atoms with E-state index in [2.05, 4.69) is 26.9 Å². The van der Waals surface area contributed by atoms with Crippen LogP contribution in [0.25, 0.3) is 22.4 Å². The fourth-order valence-electron chi connectivity index (χ4n) is 3.89. The van der Waals surface area contributed by atoms with Crippen molar-refractivity contribution in [1.82, 2.24) is 19.9 Å². The molecular weight excluding hydrogens is 369 g/mol. The van der Waals surface area contributed by atoms with E-state index < -0.39 is 17.5 Å². The van der Waals surface area contributed by atoms with E-state index in [1.54, 1.807) is 12.1 Å². The molecule has 5 nitrogen and oxygen atoms in total. The van der Waals surface area contributed by atoms with Crippen LogP contribution in [0, 0.1) is 6.92 Å². The van der Waals surface area contributed by atoms with Crippen molar-refractivity contribution in [2.75, 3.05) is 13.6 Å². The number of phenolic OH excluding ortho intramolecular Hbond substituents is 1. The first-order chi connectivity index (χ1) is 13.2. The maximum atomic E-state index is 13.0. The third kappa shape index (κ3) is 3.32. The number of likely N-dealkylation sites (tertiary alicyclic amines) is 1. The van der Waals surface area contributed by atoms with E-state index in [4.69, 9.17) is 0 Å². The first kappa shape index (κ1) is 18.7. The highest BCUT2D eigenvalue weighted by molar-refractivity contribution is 5.79. The van der Waals surface area contributed by atoms with Crippen LogP contribution < -0.4 is 0 Å². The summed E-state index contributed by atoms with van der Waals surface area (Å²) in [6.07, 6.45) is -1.19. The van der Waals surface area contributed by atoms with Gasteiger partial charge < -0.3 is 10.1 Å².